The third-order valence-electron chi connectivity index (χ3n) is 4.55. The molecule has 0 spiro atoms. The summed E-state index contributed by atoms with van der Waals surface area (Å²) in [4.78, 5) is 18.0. The van der Waals surface area contributed by atoms with Crippen molar-refractivity contribution in [2.45, 2.75) is 52.7 Å². The zero-order chi connectivity index (χ0) is 19.4. The largest absolute Gasteiger partial charge is 0.376 e. The van der Waals surface area contributed by atoms with Gasteiger partial charge in [-0.15, -0.1) is 0 Å². The number of carbonyl (C=O) groups is 1. The minimum atomic E-state index is -0.0949. The van der Waals surface area contributed by atoms with Crippen molar-refractivity contribution in [3.8, 4) is 11.6 Å². The summed E-state index contributed by atoms with van der Waals surface area (Å²) in [6.45, 7) is 8.61. The molecule has 0 bridgehead atoms. The molecular formula is C18H28N6O3. The molecule has 1 aliphatic rings. The second-order valence-electron chi connectivity index (χ2n) is 7.03. The van der Waals surface area contributed by atoms with Crippen LogP contribution < -0.4 is 5.32 Å². The molecule has 3 heterocycles. The summed E-state index contributed by atoms with van der Waals surface area (Å²) < 4.78 is 13.1. The third kappa shape index (κ3) is 4.29. The van der Waals surface area contributed by atoms with E-state index in [9.17, 15) is 4.79 Å². The Morgan fingerprint density at radius 1 is 1.41 bits per heavy atom. The van der Waals surface area contributed by atoms with Crippen LogP contribution in [0, 0.1) is 0 Å². The summed E-state index contributed by atoms with van der Waals surface area (Å²) in [6.07, 6.45) is 2.26. The first kappa shape index (κ1) is 19.3. The second kappa shape index (κ2) is 8.51. The molecule has 2 aromatic heterocycles. The highest BCUT2D eigenvalue weighted by molar-refractivity contribution is 5.73. The maximum Gasteiger partial charge on any atom is 0.317 e. The van der Waals surface area contributed by atoms with Crippen molar-refractivity contribution in [2.75, 3.05) is 26.7 Å². The van der Waals surface area contributed by atoms with Gasteiger partial charge in [0.15, 0.2) is 11.5 Å². The predicted molar refractivity (Wildman–Crippen MR) is 99.3 cm³/mol. The summed E-state index contributed by atoms with van der Waals surface area (Å²) >= 11 is 0. The number of likely N-dealkylation sites (N-methyl/N-ethyl adjacent to an activating group) is 1. The molecule has 27 heavy (non-hydrogen) atoms. The fourth-order valence-electron chi connectivity index (χ4n) is 3.05. The van der Waals surface area contributed by atoms with Gasteiger partial charge in [-0.25, -0.2) is 4.79 Å². The number of fused-ring (bicyclic) bond motifs is 1. The van der Waals surface area contributed by atoms with E-state index in [1.807, 2.05) is 11.6 Å². The Bertz CT molecular complexity index is 782. The fraction of sp³-hybridized carbons (Fsp3) is 0.667. The van der Waals surface area contributed by atoms with Gasteiger partial charge in [-0.1, -0.05) is 12.1 Å². The lowest BCUT2D eigenvalue weighted by Crippen LogP contribution is -2.38. The van der Waals surface area contributed by atoms with Gasteiger partial charge in [0.05, 0.1) is 13.2 Å². The van der Waals surface area contributed by atoms with E-state index in [1.165, 1.54) is 5.69 Å². The molecule has 0 saturated carbocycles. The standard InChI is InChI=1S/C18H28N6O3/c1-5-8-19-18(25)23(4)9-6-15-20-17(27-22-15)16-13-11-26-10-7-14(13)24(21-16)12(2)3/h12H,5-11H2,1-4H3,(H,19,25). The Morgan fingerprint density at radius 3 is 2.96 bits per heavy atom. The number of hydrogen-bond donors (Lipinski definition) is 1. The Morgan fingerprint density at radius 2 is 2.22 bits per heavy atom. The van der Waals surface area contributed by atoms with Gasteiger partial charge in [0, 0.05) is 50.3 Å². The van der Waals surface area contributed by atoms with E-state index in [4.69, 9.17) is 14.4 Å². The van der Waals surface area contributed by atoms with Gasteiger partial charge in [-0.3, -0.25) is 4.68 Å². The van der Waals surface area contributed by atoms with Crippen molar-refractivity contribution in [2.24, 2.45) is 0 Å². The Labute approximate surface area is 159 Å². The molecule has 0 radical (unpaired) electrons. The van der Waals surface area contributed by atoms with Crippen LogP contribution in [0.25, 0.3) is 11.6 Å². The normalized spacial score (nSPS) is 13.7. The highest BCUT2D eigenvalue weighted by Gasteiger charge is 2.26. The van der Waals surface area contributed by atoms with Crippen LogP contribution in [0.1, 0.15) is 50.3 Å². The third-order valence-corrected chi connectivity index (χ3v) is 4.55. The minimum Gasteiger partial charge on any atom is -0.376 e. The molecule has 0 saturated heterocycles. The van der Waals surface area contributed by atoms with Crippen molar-refractivity contribution in [1.82, 2.24) is 30.1 Å². The first-order valence-corrected chi connectivity index (χ1v) is 9.51. The van der Waals surface area contributed by atoms with Gasteiger partial charge in [-0.05, 0) is 20.3 Å². The van der Waals surface area contributed by atoms with Crippen LogP contribution in [0.3, 0.4) is 0 Å². The van der Waals surface area contributed by atoms with Crippen LogP contribution in [0.15, 0.2) is 4.52 Å². The number of amides is 2. The maximum atomic E-state index is 11.9. The Balaban J connectivity index is 1.70. The van der Waals surface area contributed by atoms with Crippen LogP contribution in [-0.4, -0.2) is 57.6 Å². The van der Waals surface area contributed by atoms with E-state index < -0.39 is 0 Å². The van der Waals surface area contributed by atoms with Gasteiger partial charge < -0.3 is 19.5 Å². The predicted octanol–water partition coefficient (Wildman–Crippen LogP) is 2.18. The number of ether oxygens (including phenoxy) is 1. The summed E-state index contributed by atoms with van der Waals surface area (Å²) in [5.41, 5.74) is 2.91. The van der Waals surface area contributed by atoms with E-state index >= 15 is 0 Å². The highest BCUT2D eigenvalue weighted by Crippen LogP contribution is 2.29. The van der Waals surface area contributed by atoms with Gasteiger partial charge in [0.2, 0.25) is 0 Å². The number of aromatic nitrogens is 4. The molecular weight excluding hydrogens is 348 g/mol. The van der Waals surface area contributed by atoms with Crippen LogP contribution >= 0.6 is 0 Å². The van der Waals surface area contributed by atoms with Crippen molar-refractivity contribution >= 4 is 6.03 Å². The van der Waals surface area contributed by atoms with Gasteiger partial charge in [-0.2, -0.15) is 10.1 Å². The zero-order valence-electron chi connectivity index (χ0n) is 16.5. The Hall–Kier alpha value is -2.42. The van der Waals surface area contributed by atoms with Crippen LogP contribution in [0.5, 0.6) is 0 Å². The smallest absolute Gasteiger partial charge is 0.317 e. The number of rotatable bonds is 7. The average Bonchev–Trinajstić information content (AvgIpc) is 3.28. The molecule has 1 N–H and O–H groups in total. The molecule has 3 rings (SSSR count). The van der Waals surface area contributed by atoms with Crippen LogP contribution in [-0.2, 0) is 24.2 Å². The molecule has 0 aliphatic carbocycles. The summed E-state index contributed by atoms with van der Waals surface area (Å²) in [7, 11) is 1.75. The molecule has 9 nitrogen and oxygen atoms in total. The monoisotopic (exact) mass is 376 g/mol. The topological polar surface area (TPSA) is 98.3 Å². The second-order valence-corrected chi connectivity index (χ2v) is 7.03. The van der Waals surface area contributed by atoms with E-state index in [0.717, 1.165) is 18.4 Å². The molecule has 0 fully saturated rings. The van der Waals surface area contributed by atoms with E-state index in [-0.39, 0.29) is 12.1 Å². The number of nitrogens with zero attached hydrogens (tertiary/aromatic N) is 5. The maximum absolute atomic E-state index is 11.9. The quantitative estimate of drug-likeness (QED) is 0.795. The molecule has 2 amide bonds. The SMILES string of the molecule is CCCNC(=O)N(C)CCc1noc(-c2nn(C(C)C)c3c2COCC3)n1. The van der Waals surface area contributed by atoms with Crippen molar-refractivity contribution < 1.29 is 14.1 Å². The number of carbonyl (C=O) groups excluding carboxylic acids is 1. The first-order valence-electron chi connectivity index (χ1n) is 9.51. The van der Waals surface area contributed by atoms with Gasteiger partial charge >= 0.3 is 6.03 Å². The number of hydrogen-bond acceptors (Lipinski definition) is 6. The lowest BCUT2D eigenvalue weighted by molar-refractivity contribution is 0.108. The van der Waals surface area contributed by atoms with Crippen LogP contribution in [0.2, 0.25) is 0 Å². The first-order chi connectivity index (χ1) is 13.0. The zero-order valence-corrected chi connectivity index (χ0v) is 16.5. The lowest BCUT2D eigenvalue weighted by atomic mass is 10.1. The molecule has 2 aromatic rings. The number of urea groups is 1. The average molecular weight is 376 g/mol. The van der Waals surface area contributed by atoms with E-state index in [0.29, 0.717) is 50.1 Å². The molecule has 0 aromatic carbocycles. The van der Waals surface area contributed by atoms with E-state index in [1.54, 1.807) is 11.9 Å². The molecule has 0 atom stereocenters. The van der Waals surface area contributed by atoms with Crippen molar-refractivity contribution in [3.05, 3.63) is 17.1 Å². The van der Waals surface area contributed by atoms with Crippen molar-refractivity contribution in [1.29, 1.82) is 0 Å². The lowest BCUT2D eigenvalue weighted by Gasteiger charge is -2.16. The van der Waals surface area contributed by atoms with Gasteiger partial charge in [0.25, 0.3) is 5.89 Å². The number of nitrogens with one attached hydrogen (secondary N) is 1. The minimum absolute atomic E-state index is 0.0949. The molecule has 9 heteroatoms. The molecule has 0 unspecified atom stereocenters. The van der Waals surface area contributed by atoms with Gasteiger partial charge in [0.1, 0.15) is 0 Å². The van der Waals surface area contributed by atoms with E-state index in [2.05, 4.69) is 29.3 Å². The molecule has 1 aliphatic heterocycles. The summed E-state index contributed by atoms with van der Waals surface area (Å²) in [6, 6.07) is 0.158. The molecule has 148 valence electrons. The van der Waals surface area contributed by atoms with Crippen LogP contribution in [0.4, 0.5) is 4.79 Å². The van der Waals surface area contributed by atoms with Crippen molar-refractivity contribution in [3.63, 3.8) is 0 Å². The Kier molecular flexibility index (Phi) is 6.10. The summed E-state index contributed by atoms with van der Waals surface area (Å²) in [5, 5.41) is 11.6. The summed E-state index contributed by atoms with van der Waals surface area (Å²) in [5.74, 6) is 0.967. The highest BCUT2D eigenvalue weighted by atomic mass is 16.5. The fourth-order valence-corrected chi connectivity index (χ4v) is 3.05.